The van der Waals surface area contributed by atoms with E-state index in [2.05, 4.69) is 12.2 Å². The van der Waals surface area contributed by atoms with Gasteiger partial charge in [-0.05, 0) is 36.5 Å². The average Bonchev–Trinajstić information content (AvgIpc) is 2.81. The quantitative estimate of drug-likeness (QED) is 0.887. The molecule has 1 fully saturated rings. The first-order valence-corrected chi connectivity index (χ1v) is 7.22. The minimum atomic E-state index is 0.423. The molecule has 2 unspecified atom stereocenters. The molecule has 1 saturated heterocycles. The lowest BCUT2D eigenvalue weighted by Crippen LogP contribution is -2.27. The number of benzene rings is 1. The van der Waals surface area contributed by atoms with Crippen LogP contribution in [0.15, 0.2) is 18.2 Å². The molecule has 1 aromatic carbocycles. The van der Waals surface area contributed by atoms with Crippen LogP contribution in [0, 0.1) is 5.92 Å². The Labute approximate surface area is 119 Å². The fourth-order valence-electron chi connectivity index (χ4n) is 2.43. The Bertz CT molecular complexity index is 397. The second kappa shape index (κ2) is 6.76. The summed E-state index contributed by atoms with van der Waals surface area (Å²) in [6.07, 6.45) is 2.68. The van der Waals surface area contributed by atoms with Gasteiger partial charge in [0.05, 0.1) is 16.1 Å². The molecule has 4 heteroatoms. The third kappa shape index (κ3) is 3.61. The highest BCUT2D eigenvalue weighted by atomic mass is 35.5. The number of hydrogen-bond donors (Lipinski definition) is 1. The topological polar surface area (TPSA) is 21.3 Å². The summed E-state index contributed by atoms with van der Waals surface area (Å²) < 4.78 is 5.67. The highest BCUT2D eigenvalue weighted by Gasteiger charge is 2.25. The van der Waals surface area contributed by atoms with Gasteiger partial charge in [-0.2, -0.15) is 0 Å². The van der Waals surface area contributed by atoms with E-state index in [1.807, 2.05) is 18.2 Å². The van der Waals surface area contributed by atoms with Crippen molar-refractivity contribution in [3.05, 3.63) is 33.8 Å². The summed E-state index contributed by atoms with van der Waals surface area (Å²) in [7, 11) is 0. The van der Waals surface area contributed by atoms with Crippen LogP contribution >= 0.6 is 23.2 Å². The molecule has 2 nitrogen and oxygen atoms in total. The Balaban J connectivity index is 1.79. The van der Waals surface area contributed by atoms with Crippen molar-refractivity contribution in [2.75, 3.05) is 13.2 Å². The van der Waals surface area contributed by atoms with Crippen molar-refractivity contribution in [1.29, 1.82) is 0 Å². The molecule has 1 aliphatic heterocycles. The lowest BCUT2D eigenvalue weighted by atomic mass is 9.99. The molecule has 0 radical (unpaired) electrons. The van der Waals surface area contributed by atoms with E-state index in [0.717, 1.165) is 38.1 Å². The summed E-state index contributed by atoms with van der Waals surface area (Å²) in [5.41, 5.74) is 1.16. The van der Waals surface area contributed by atoms with Gasteiger partial charge < -0.3 is 10.1 Å². The van der Waals surface area contributed by atoms with Crippen LogP contribution in [0.1, 0.15) is 25.3 Å². The molecule has 0 saturated carbocycles. The molecule has 100 valence electrons. The number of halogens is 2. The average molecular weight is 288 g/mol. The van der Waals surface area contributed by atoms with Gasteiger partial charge in [0.2, 0.25) is 0 Å². The molecule has 1 aliphatic rings. The minimum absolute atomic E-state index is 0.423. The van der Waals surface area contributed by atoms with E-state index in [9.17, 15) is 0 Å². The molecule has 0 bridgehead atoms. The van der Waals surface area contributed by atoms with Crippen LogP contribution in [-0.4, -0.2) is 19.3 Å². The van der Waals surface area contributed by atoms with Crippen molar-refractivity contribution >= 4 is 23.2 Å². The fraction of sp³-hybridized carbons (Fsp3) is 0.571. The first-order chi connectivity index (χ1) is 8.70. The zero-order valence-corrected chi connectivity index (χ0v) is 12.1. The molecule has 0 aliphatic carbocycles. The SMILES string of the molecule is CCC1OCCC1CNCc1ccc(Cl)c(Cl)c1. The first kappa shape index (κ1) is 14.1. The Morgan fingerprint density at radius 3 is 2.89 bits per heavy atom. The molecule has 18 heavy (non-hydrogen) atoms. The van der Waals surface area contributed by atoms with E-state index in [-0.39, 0.29) is 0 Å². The third-order valence-electron chi connectivity index (χ3n) is 3.47. The van der Waals surface area contributed by atoms with Crippen molar-refractivity contribution in [3.63, 3.8) is 0 Å². The summed E-state index contributed by atoms with van der Waals surface area (Å²) in [5.74, 6) is 0.637. The van der Waals surface area contributed by atoms with Gasteiger partial charge in [0.15, 0.2) is 0 Å². The Morgan fingerprint density at radius 2 is 2.17 bits per heavy atom. The second-order valence-corrected chi connectivity index (χ2v) is 5.56. The molecule has 2 atom stereocenters. The largest absolute Gasteiger partial charge is 0.378 e. The summed E-state index contributed by atoms with van der Waals surface area (Å²) in [6.45, 7) is 4.90. The van der Waals surface area contributed by atoms with Crippen LogP contribution < -0.4 is 5.32 Å². The molecule has 1 N–H and O–H groups in total. The zero-order valence-electron chi connectivity index (χ0n) is 10.6. The van der Waals surface area contributed by atoms with Crippen molar-refractivity contribution in [2.24, 2.45) is 5.92 Å². The summed E-state index contributed by atoms with van der Waals surface area (Å²) >= 11 is 11.9. The van der Waals surface area contributed by atoms with E-state index in [0.29, 0.717) is 22.1 Å². The van der Waals surface area contributed by atoms with Gasteiger partial charge in [-0.3, -0.25) is 0 Å². The predicted molar refractivity (Wildman–Crippen MR) is 76.3 cm³/mol. The monoisotopic (exact) mass is 287 g/mol. The second-order valence-electron chi connectivity index (χ2n) is 4.75. The molecule has 0 spiro atoms. The van der Waals surface area contributed by atoms with Gasteiger partial charge in [0.25, 0.3) is 0 Å². The van der Waals surface area contributed by atoms with Crippen molar-refractivity contribution < 1.29 is 4.74 Å². The van der Waals surface area contributed by atoms with Crippen LogP contribution in [0.2, 0.25) is 10.0 Å². The van der Waals surface area contributed by atoms with Crippen LogP contribution in [0.3, 0.4) is 0 Å². The Hall–Kier alpha value is -0.280. The van der Waals surface area contributed by atoms with E-state index in [4.69, 9.17) is 27.9 Å². The normalized spacial score (nSPS) is 23.5. The third-order valence-corrected chi connectivity index (χ3v) is 4.21. The van der Waals surface area contributed by atoms with E-state index in [1.54, 1.807) is 0 Å². The molecular formula is C14H19Cl2NO. The predicted octanol–water partition coefficient (Wildman–Crippen LogP) is 3.90. The number of rotatable bonds is 5. The first-order valence-electron chi connectivity index (χ1n) is 6.47. The van der Waals surface area contributed by atoms with Gasteiger partial charge in [-0.25, -0.2) is 0 Å². The lowest BCUT2D eigenvalue weighted by Gasteiger charge is -2.17. The molecule has 0 amide bonds. The van der Waals surface area contributed by atoms with Crippen molar-refractivity contribution in [2.45, 2.75) is 32.4 Å². The van der Waals surface area contributed by atoms with Crippen LogP contribution in [0.5, 0.6) is 0 Å². The summed E-state index contributed by atoms with van der Waals surface area (Å²) in [6, 6.07) is 5.76. The molecule has 2 rings (SSSR count). The number of hydrogen-bond acceptors (Lipinski definition) is 2. The highest BCUT2D eigenvalue weighted by molar-refractivity contribution is 6.42. The van der Waals surface area contributed by atoms with E-state index >= 15 is 0 Å². The Kier molecular flexibility index (Phi) is 5.31. The highest BCUT2D eigenvalue weighted by Crippen LogP contribution is 2.24. The molecule has 1 aromatic rings. The van der Waals surface area contributed by atoms with E-state index < -0.39 is 0 Å². The van der Waals surface area contributed by atoms with E-state index in [1.165, 1.54) is 0 Å². The molecular weight excluding hydrogens is 269 g/mol. The molecule has 1 heterocycles. The maximum atomic E-state index is 5.99. The summed E-state index contributed by atoms with van der Waals surface area (Å²) in [5, 5.41) is 4.70. The maximum absolute atomic E-state index is 5.99. The molecule has 0 aromatic heterocycles. The van der Waals surface area contributed by atoms with Gasteiger partial charge in [0.1, 0.15) is 0 Å². The van der Waals surface area contributed by atoms with Crippen LogP contribution in [-0.2, 0) is 11.3 Å². The van der Waals surface area contributed by atoms with Crippen molar-refractivity contribution in [1.82, 2.24) is 5.32 Å². The van der Waals surface area contributed by atoms with Crippen molar-refractivity contribution in [3.8, 4) is 0 Å². The van der Waals surface area contributed by atoms with Gasteiger partial charge in [-0.1, -0.05) is 36.2 Å². The zero-order chi connectivity index (χ0) is 13.0. The number of nitrogens with one attached hydrogen (secondary N) is 1. The smallest absolute Gasteiger partial charge is 0.0613 e. The maximum Gasteiger partial charge on any atom is 0.0613 e. The van der Waals surface area contributed by atoms with Crippen LogP contribution in [0.25, 0.3) is 0 Å². The van der Waals surface area contributed by atoms with Gasteiger partial charge >= 0.3 is 0 Å². The lowest BCUT2D eigenvalue weighted by molar-refractivity contribution is 0.0872. The van der Waals surface area contributed by atoms with Crippen LogP contribution in [0.4, 0.5) is 0 Å². The number of ether oxygens (including phenoxy) is 1. The van der Waals surface area contributed by atoms with Gasteiger partial charge in [0, 0.05) is 19.7 Å². The minimum Gasteiger partial charge on any atom is -0.378 e. The fourth-order valence-corrected chi connectivity index (χ4v) is 2.75. The standard InChI is InChI=1S/C14H19Cl2NO/c1-2-14-11(5-6-18-14)9-17-8-10-3-4-12(15)13(16)7-10/h3-4,7,11,14,17H,2,5-6,8-9H2,1H3. The van der Waals surface area contributed by atoms with Gasteiger partial charge in [-0.15, -0.1) is 0 Å². The summed E-state index contributed by atoms with van der Waals surface area (Å²) in [4.78, 5) is 0. The Morgan fingerprint density at radius 1 is 1.33 bits per heavy atom.